The predicted octanol–water partition coefficient (Wildman–Crippen LogP) is 5.91. The van der Waals surface area contributed by atoms with Gasteiger partial charge in [-0.1, -0.05) is 65.7 Å². The zero-order valence-corrected chi connectivity index (χ0v) is 20.1. The van der Waals surface area contributed by atoms with E-state index in [1.807, 2.05) is 83.2 Å². The molecule has 4 rings (SSSR count). The molecule has 0 atom stereocenters. The third kappa shape index (κ3) is 5.51. The summed E-state index contributed by atoms with van der Waals surface area (Å²) in [5, 5.41) is 8.73. The van der Waals surface area contributed by atoms with Crippen LogP contribution in [-0.4, -0.2) is 38.7 Å². The summed E-state index contributed by atoms with van der Waals surface area (Å²) in [7, 11) is 1.83. The number of amides is 1. The molecule has 33 heavy (non-hydrogen) atoms. The van der Waals surface area contributed by atoms with Crippen LogP contribution in [0.5, 0.6) is 0 Å². The second kappa shape index (κ2) is 10.3. The number of nitrogens with zero attached hydrogens (tertiary/aromatic N) is 4. The molecule has 0 unspecified atom stereocenters. The fraction of sp³-hybridized carbons (Fsp3) is 0.125. The SMILES string of the molecule is CN(CC(=O)Nc1ccccc1Cl)Cn1nc(-c2ccccc2)n(-c2ccc(Cl)cc2)c1=S. The first kappa shape index (κ1) is 23.2. The zero-order chi connectivity index (χ0) is 23.4. The highest BCUT2D eigenvalue weighted by Gasteiger charge is 2.16. The van der Waals surface area contributed by atoms with E-state index in [-0.39, 0.29) is 12.5 Å². The Hall–Kier alpha value is -2.97. The summed E-state index contributed by atoms with van der Waals surface area (Å²) in [5.41, 5.74) is 2.36. The Morgan fingerprint density at radius 3 is 2.36 bits per heavy atom. The number of aromatic nitrogens is 3. The number of rotatable bonds is 7. The van der Waals surface area contributed by atoms with Crippen molar-refractivity contribution in [1.29, 1.82) is 0 Å². The standard InChI is InChI=1S/C24H21Cl2N5OS/c1-29(15-22(32)27-21-10-6-5-9-20(21)26)16-30-24(33)31(19-13-11-18(25)12-14-19)23(28-30)17-7-3-2-4-8-17/h2-14H,15-16H2,1H3,(H,27,32). The Balaban J connectivity index is 1.59. The van der Waals surface area contributed by atoms with E-state index in [0.717, 1.165) is 11.3 Å². The Labute approximate surface area is 207 Å². The second-order valence-corrected chi connectivity index (χ2v) is 8.68. The average Bonchev–Trinajstić information content (AvgIpc) is 3.12. The molecule has 168 valence electrons. The summed E-state index contributed by atoms with van der Waals surface area (Å²) in [6.45, 7) is 0.469. The molecule has 0 radical (unpaired) electrons. The van der Waals surface area contributed by atoms with E-state index in [9.17, 15) is 4.79 Å². The maximum atomic E-state index is 12.5. The molecule has 9 heteroatoms. The molecule has 0 saturated carbocycles. The van der Waals surface area contributed by atoms with Gasteiger partial charge in [0, 0.05) is 10.6 Å². The first-order valence-electron chi connectivity index (χ1n) is 10.2. The number of hydrogen-bond donors (Lipinski definition) is 1. The van der Waals surface area contributed by atoms with E-state index in [1.54, 1.807) is 16.8 Å². The molecule has 1 aromatic heterocycles. The molecule has 1 N–H and O–H groups in total. The van der Waals surface area contributed by atoms with Crippen molar-refractivity contribution in [3.05, 3.63) is 93.7 Å². The van der Waals surface area contributed by atoms with Crippen LogP contribution >= 0.6 is 35.4 Å². The molecule has 0 aliphatic rings. The van der Waals surface area contributed by atoms with Gasteiger partial charge in [-0.2, -0.15) is 0 Å². The van der Waals surface area contributed by atoms with Crippen molar-refractivity contribution < 1.29 is 4.79 Å². The van der Waals surface area contributed by atoms with Crippen LogP contribution in [0.4, 0.5) is 5.69 Å². The smallest absolute Gasteiger partial charge is 0.238 e. The molecule has 0 aliphatic carbocycles. The van der Waals surface area contributed by atoms with Gasteiger partial charge in [0.1, 0.15) is 0 Å². The van der Waals surface area contributed by atoms with E-state index in [0.29, 0.717) is 33.0 Å². The quantitative estimate of drug-likeness (QED) is 0.322. The maximum absolute atomic E-state index is 12.5. The molecule has 6 nitrogen and oxygen atoms in total. The topological polar surface area (TPSA) is 55.1 Å². The Morgan fingerprint density at radius 1 is 1.00 bits per heavy atom. The normalized spacial score (nSPS) is 11.0. The number of halogens is 2. The highest BCUT2D eigenvalue weighted by molar-refractivity contribution is 7.71. The monoisotopic (exact) mass is 497 g/mol. The van der Waals surface area contributed by atoms with Gasteiger partial charge in [0.25, 0.3) is 0 Å². The molecular formula is C24H21Cl2N5OS. The van der Waals surface area contributed by atoms with Crippen LogP contribution in [0.15, 0.2) is 78.9 Å². The van der Waals surface area contributed by atoms with E-state index in [4.69, 9.17) is 40.5 Å². The van der Waals surface area contributed by atoms with Gasteiger partial charge in [0.15, 0.2) is 5.82 Å². The molecule has 0 bridgehead atoms. The fourth-order valence-electron chi connectivity index (χ4n) is 3.37. The van der Waals surface area contributed by atoms with Crippen LogP contribution in [0.3, 0.4) is 0 Å². The molecule has 3 aromatic carbocycles. The lowest BCUT2D eigenvalue weighted by atomic mass is 10.2. The average molecular weight is 498 g/mol. The number of likely N-dealkylation sites (N-methyl/N-ethyl adjacent to an activating group) is 1. The van der Waals surface area contributed by atoms with Gasteiger partial charge in [-0.25, -0.2) is 4.68 Å². The van der Waals surface area contributed by atoms with Crippen LogP contribution in [0, 0.1) is 4.77 Å². The molecule has 0 spiro atoms. The van der Waals surface area contributed by atoms with E-state index < -0.39 is 0 Å². The maximum Gasteiger partial charge on any atom is 0.238 e. The molecule has 1 heterocycles. The third-order valence-corrected chi connectivity index (χ3v) is 5.87. The molecule has 1 amide bonds. The van der Waals surface area contributed by atoms with Gasteiger partial charge in [0.2, 0.25) is 10.7 Å². The molecule has 4 aromatic rings. The van der Waals surface area contributed by atoms with Crippen molar-refractivity contribution in [3.63, 3.8) is 0 Å². The van der Waals surface area contributed by atoms with Gasteiger partial charge in [-0.15, -0.1) is 5.10 Å². The van der Waals surface area contributed by atoms with E-state index >= 15 is 0 Å². The number of hydrogen-bond acceptors (Lipinski definition) is 4. The second-order valence-electron chi connectivity index (χ2n) is 7.47. The number of benzene rings is 3. The Morgan fingerprint density at radius 2 is 1.67 bits per heavy atom. The first-order chi connectivity index (χ1) is 15.9. The highest BCUT2D eigenvalue weighted by Crippen LogP contribution is 2.24. The largest absolute Gasteiger partial charge is 0.324 e. The summed E-state index contributed by atoms with van der Waals surface area (Å²) in [6, 6.07) is 24.4. The van der Waals surface area contributed by atoms with Crippen LogP contribution < -0.4 is 5.32 Å². The minimum absolute atomic E-state index is 0.140. The van der Waals surface area contributed by atoms with Gasteiger partial charge in [-0.05, 0) is 55.7 Å². The summed E-state index contributed by atoms with van der Waals surface area (Å²) in [6.07, 6.45) is 0. The third-order valence-electron chi connectivity index (χ3n) is 4.89. The molecule has 0 aliphatic heterocycles. The van der Waals surface area contributed by atoms with Gasteiger partial charge >= 0.3 is 0 Å². The lowest BCUT2D eigenvalue weighted by Crippen LogP contribution is -2.32. The van der Waals surface area contributed by atoms with E-state index in [2.05, 4.69) is 5.32 Å². The summed E-state index contributed by atoms with van der Waals surface area (Å²) in [5.74, 6) is 0.523. The number of anilines is 1. The number of carbonyl (C=O) groups is 1. The van der Waals surface area contributed by atoms with Crippen molar-refractivity contribution in [2.75, 3.05) is 18.9 Å². The van der Waals surface area contributed by atoms with Crippen LogP contribution in [0.1, 0.15) is 0 Å². The van der Waals surface area contributed by atoms with Crippen LogP contribution in [0.25, 0.3) is 17.1 Å². The summed E-state index contributed by atoms with van der Waals surface area (Å²) < 4.78 is 4.11. The predicted molar refractivity (Wildman–Crippen MR) is 136 cm³/mol. The van der Waals surface area contributed by atoms with Crippen molar-refractivity contribution in [1.82, 2.24) is 19.2 Å². The number of nitrogens with one attached hydrogen (secondary N) is 1. The molecular weight excluding hydrogens is 477 g/mol. The van der Waals surface area contributed by atoms with Crippen LogP contribution in [-0.2, 0) is 11.5 Å². The number of carbonyl (C=O) groups excluding carboxylic acids is 1. The van der Waals surface area contributed by atoms with Gasteiger partial charge in [-0.3, -0.25) is 14.3 Å². The van der Waals surface area contributed by atoms with Crippen LogP contribution in [0.2, 0.25) is 10.0 Å². The van der Waals surface area contributed by atoms with Gasteiger partial charge in [0.05, 0.1) is 29.6 Å². The lowest BCUT2D eigenvalue weighted by molar-refractivity contribution is -0.117. The Bertz CT molecular complexity index is 1320. The minimum Gasteiger partial charge on any atom is -0.324 e. The fourth-order valence-corrected chi connectivity index (χ4v) is 3.97. The molecule has 0 fully saturated rings. The summed E-state index contributed by atoms with van der Waals surface area (Å²) in [4.78, 5) is 14.3. The first-order valence-corrected chi connectivity index (χ1v) is 11.3. The zero-order valence-electron chi connectivity index (χ0n) is 17.8. The minimum atomic E-state index is -0.183. The van der Waals surface area contributed by atoms with Crippen molar-refractivity contribution in [3.8, 4) is 17.1 Å². The number of para-hydroxylation sites is 1. The van der Waals surface area contributed by atoms with E-state index in [1.165, 1.54) is 0 Å². The lowest BCUT2D eigenvalue weighted by Gasteiger charge is -2.16. The van der Waals surface area contributed by atoms with Gasteiger partial charge < -0.3 is 5.32 Å². The highest BCUT2D eigenvalue weighted by atomic mass is 35.5. The van der Waals surface area contributed by atoms with Crippen molar-refractivity contribution in [2.24, 2.45) is 0 Å². The van der Waals surface area contributed by atoms with Crippen molar-refractivity contribution in [2.45, 2.75) is 6.67 Å². The summed E-state index contributed by atoms with van der Waals surface area (Å²) >= 11 is 18.0. The molecule has 0 saturated heterocycles. The Kier molecular flexibility index (Phi) is 7.25. The van der Waals surface area contributed by atoms with Crippen molar-refractivity contribution >= 4 is 47.0 Å².